The van der Waals surface area contributed by atoms with E-state index in [0.717, 1.165) is 16.5 Å². The van der Waals surface area contributed by atoms with Gasteiger partial charge in [0.05, 0.1) is 26.2 Å². The first-order valence-electron chi connectivity index (χ1n) is 8.60. The van der Waals surface area contributed by atoms with Crippen molar-refractivity contribution in [1.82, 2.24) is 0 Å². The van der Waals surface area contributed by atoms with Crippen LogP contribution in [0.15, 0.2) is 36.4 Å². The predicted octanol–water partition coefficient (Wildman–Crippen LogP) is 2.91. The van der Waals surface area contributed by atoms with Gasteiger partial charge in [0.25, 0.3) is 0 Å². The van der Waals surface area contributed by atoms with Crippen molar-refractivity contribution in [3.8, 4) is 5.75 Å². The number of hydrogen-bond donors (Lipinski definition) is 0. The molecule has 0 radical (unpaired) electrons. The van der Waals surface area contributed by atoms with Crippen LogP contribution in [0.2, 0.25) is 0 Å². The summed E-state index contributed by atoms with van der Waals surface area (Å²) in [4.78, 5) is 24.0. The molecule has 0 unspecified atom stereocenters. The number of rotatable bonds is 5. The third-order valence-corrected chi connectivity index (χ3v) is 5.32. The molecule has 8 heteroatoms. The molecule has 150 valence electrons. The molecule has 3 rings (SSSR count). The summed E-state index contributed by atoms with van der Waals surface area (Å²) in [7, 11) is 4.05. The number of fused-ring (bicyclic) bond motifs is 1. The molecule has 2 aromatic rings. The molecule has 7 nitrogen and oxygen atoms in total. The van der Waals surface area contributed by atoms with E-state index in [4.69, 9.17) is 23.7 Å². The van der Waals surface area contributed by atoms with Gasteiger partial charge in [-0.2, -0.15) is 0 Å². The van der Waals surface area contributed by atoms with Gasteiger partial charge in [-0.1, -0.05) is 34.1 Å². The lowest BCUT2D eigenvalue weighted by atomic mass is 9.99. The lowest BCUT2D eigenvalue weighted by molar-refractivity contribution is -0.192. The normalized spacial score (nSPS) is 21.9. The van der Waals surface area contributed by atoms with Gasteiger partial charge in [-0.15, -0.1) is 0 Å². The third kappa shape index (κ3) is 3.47. The predicted molar refractivity (Wildman–Crippen MR) is 104 cm³/mol. The molecular weight excluding hydrogens is 432 g/mol. The molecule has 3 atom stereocenters. The molecule has 0 spiro atoms. The molecule has 0 aromatic heterocycles. The molecule has 1 saturated heterocycles. The summed E-state index contributed by atoms with van der Waals surface area (Å²) in [5, 5.41) is 1.89. The van der Waals surface area contributed by atoms with Crippen molar-refractivity contribution in [3.63, 3.8) is 0 Å². The van der Waals surface area contributed by atoms with E-state index in [1.54, 1.807) is 7.11 Å². The van der Waals surface area contributed by atoms with Gasteiger partial charge >= 0.3 is 11.9 Å². The molecule has 0 aliphatic carbocycles. The van der Waals surface area contributed by atoms with Crippen LogP contribution in [0.3, 0.4) is 0 Å². The summed E-state index contributed by atoms with van der Waals surface area (Å²) in [5.41, 5.74) is 0.648. The van der Waals surface area contributed by atoms with Crippen molar-refractivity contribution in [2.45, 2.75) is 29.7 Å². The number of halogens is 1. The number of alkyl halides is 1. The summed E-state index contributed by atoms with van der Waals surface area (Å²) >= 11 is 3.50. The Bertz CT molecular complexity index is 871. The first-order valence-corrected chi connectivity index (χ1v) is 9.51. The highest BCUT2D eigenvalue weighted by molar-refractivity contribution is 9.09. The van der Waals surface area contributed by atoms with Crippen molar-refractivity contribution in [3.05, 3.63) is 42.0 Å². The molecule has 1 heterocycles. The number of ether oxygens (including phenoxy) is 5. The zero-order valence-electron chi connectivity index (χ0n) is 15.9. The van der Waals surface area contributed by atoms with E-state index in [0.29, 0.717) is 5.56 Å². The Labute approximate surface area is 171 Å². The van der Waals surface area contributed by atoms with E-state index < -0.39 is 34.8 Å². The highest BCUT2D eigenvalue weighted by Crippen LogP contribution is 2.44. The Morgan fingerprint density at radius 3 is 2.00 bits per heavy atom. The van der Waals surface area contributed by atoms with Crippen LogP contribution >= 0.6 is 15.9 Å². The number of hydrogen-bond acceptors (Lipinski definition) is 7. The molecule has 2 aromatic carbocycles. The van der Waals surface area contributed by atoms with Gasteiger partial charge < -0.3 is 23.7 Å². The van der Waals surface area contributed by atoms with E-state index in [2.05, 4.69) is 15.9 Å². The average molecular weight is 453 g/mol. The van der Waals surface area contributed by atoms with Gasteiger partial charge in [0.1, 0.15) is 5.75 Å². The van der Waals surface area contributed by atoms with Crippen molar-refractivity contribution in [2.75, 3.05) is 21.3 Å². The molecule has 1 aliphatic rings. The molecule has 0 bridgehead atoms. The second-order valence-electron chi connectivity index (χ2n) is 6.33. The summed E-state index contributed by atoms with van der Waals surface area (Å²) in [6.07, 6.45) is -2.49. The highest BCUT2D eigenvalue weighted by atomic mass is 79.9. The molecule has 0 saturated carbocycles. The summed E-state index contributed by atoms with van der Waals surface area (Å²) in [5.74, 6) is -2.06. The molecule has 1 aliphatic heterocycles. The van der Waals surface area contributed by atoms with Gasteiger partial charge in [0.15, 0.2) is 12.2 Å². The number of methoxy groups -OCH3 is 3. The highest BCUT2D eigenvalue weighted by Gasteiger charge is 2.57. The maximum absolute atomic E-state index is 12.2. The van der Waals surface area contributed by atoms with Crippen LogP contribution in [0.5, 0.6) is 5.75 Å². The minimum atomic E-state index is -1.38. The van der Waals surface area contributed by atoms with Crippen LogP contribution in [-0.4, -0.2) is 50.3 Å². The summed E-state index contributed by atoms with van der Waals surface area (Å²) in [6.45, 7) is 1.81. The van der Waals surface area contributed by atoms with Gasteiger partial charge in [-0.25, -0.2) is 9.59 Å². The zero-order chi connectivity index (χ0) is 20.5. The largest absolute Gasteiger partial charge is 0.497 e. The second kappa shape index (κ2) is 8.06. The van der Waals surface area contributed by atoms with Gasteiger partial charge in [0, 0.05) is 5.56 Å². The monoisotopic (exact) mass is 452 g/mol. The van der Waals surface area contributed by atoms with Gasteiger partial charge in [-0.3, -0.25) is 0 Å². The average Bonchev–Trinajstić information content (AvgIpc) is 3.14. The number of esters is 2. The Kier molecular flexibility index (Phi) is 5.92. The van der Waals surface area contributed by atoms with Crippen LogP contribution in [0, 0.1) is 0 Å². The molecule has 1 fully saturated rings. The minimum Gasteiger partial charge on any atom is -0.497 e. The molecule has 0 amide bonds. The van der Waals surface area contributed by atoms with Crippen LogP contribution in [-0.2, 0) is 34.3 Å². The number of benzene rings is 2. The number of carbonyl (C=O) groups is 2. The van der Waals surface area contributed by atoms with Crippen molar-refractivity contribution < 1.29 is 33.3 Å². The fraction of sp³-hybridized carbons (Fsp3) is 0.400. The fourth-order valence-corrected chi connectivity index (χ4v) is 3.71. The van der Waals surface area contributed by atoms with Crippen LogP contribution in [0.4, 0.5) is 0 Å². The minimum absolute atomic E-state index is 0.391. The van der Waals surface area contributed by atoms with E-state index in [1.165, 1.54) is 14.2 Å². The van der Waals surface area contributed by atoms with Crippen molar-refractivity contribution in [2.24, 2.45) is 0 Å². The lowest BCUT2D eigenvalue weighted by Gasteiger charge is -2.31. The number of carbonyl (C=O) groups excluding carboxylic acids is 2. The molecular formula is C20H21BrO7. The van der Waals surface area contributed by atoms with E-state index in [9.17, 15) is 9.59 Å². The Hall–Kier alpha value is -2.16. The summed E-state index contributed by atoms with van der Waals surface area (Å²) < 4.78 is 26.8. The van der Waals surface area contributed by atoms with Crippen LogP contribution in [0.1, 0.15) is 12.5 Å². The van der Waals surface area contributed by atoms with Crippen molar-refractivity contribution >= 4 is 38.6 Å². The van der Waals surface area contributed by atoms with Gasteiger partial charge in [-0.05, 0) is 35.9 Å². The first-order chi connectivity index (χ1) is 13.4. The topological polar surface area (TPSA) is 80.3 Å². The smallest absolute Gasteiger partial charge is 0.338 e. The maximum atomic E-state index is 12.2. The quantitative estimate of drug-likeness (QED) is 0.509. The summed E-state index contributed by atoms with van der Waals surface area (Å²) in [6, 6.07) is 11.3. The zero-order valence-corrected chi connectivity index (χ0v) is 17.5. The third-order valence-electron chi connectivity index (χ3n) is 4.72. The van der Waals surface area contributed by atoms with Gasteiger partial charge in [0.2, 0.25) is 5.79 Å². The Balaban J connectivity index is 2.08. The standard InChI is InChI=1S/C20H21BrO7/c1-11(21)20(27-16(18(22)25-3)17(28-20)19(23)26-4)14-7-5-13-10-15(24-2)8-6-12(13)9-14/h5-11,16-17H,1-4H3/t11-,16+,17+/m0/s1. The van der Waals surface area contributed by atoms with E-state index in [-0.39, 0.29) is 0 Å². The van der Waals surface area contributed by atoms with Crippen LogP contribution < -0.4 is 4.74 Å². The SMILES string of the molecule is COC(=O)[C@@H]1OC(c2ccc3cc(OC)ccc3c2)([C@H](C)Br)O[C@H]1C(=O)OC. The molecule has 28 heavy (non-hydrogen) atoms. The second-order valence-corrected chi connectivity index (χ2v) is 7.71. The maximum Gasteiger partial charge on any atom is 0.338 e. The Morgan fingerprint density at radius 1 is 0.964 bits per heavy atom. The van der Waals surface area contributed by atoms with E-state index >= 15 is 0 Å². The van der Waals surface area contributed by atoms with Crippen LogP contribution in [0.25, 0.3) is 10.8 Å². The first kappa shape index (κ1) is 20.6. The lowest BCUT2D eigenvalue weighted by Crippen LogP contribution is -2.38. The fourth-order valence-electron chi connectivity index (χ4n) is 3.23. The Morgan fingerprint density at radius 2 is 1.50 bits per heavy atom. The van der Waals surface area contributed by atoms with Crippen molar-refractivity contribution in [1.29, 1.82) is 0 Å². The molecule has 0 N–H and O–H groups in total. The van der Waals surface area contributed by atoms with E-state index in [1.807, 2.05) is 43.3 Å².